The quantitative estimate of drug-likeness (QED) is 0.895. The van der Waals surface area contributed by atoms with Gasteiger partial charge >= 0.3 is 5.97 Å². The molecular weight excluding hydrogens is 246 g/mol. The Balaban J connectivity index is 3.01. The lowest BCUT2D eigenvalue weighted by atomic mass is 10.0. The van der Waals surface area contributed by atoms with Gasteiger partial charge in [-0.3, -0.25) is 14.3 Å². The number of aromatic nitrogens is 2. The van der Waals surface area contributed by atoms with Crippen LogP contribution in [0.1, 0.15) is 43.4 Å². The summed E-state index contributed by atoms with van der Waals surface area (Å²) in [5, 5.41) is 12.9. The van der Waals surface area contributed by atoms with E-state index in [0.717, 1.165) is 5.69 Å². The average molecular weight is 267 g/mol. The number of carbonyl (C=O) groups excluding carboxylic acids is 1. The summed E-state index contributed by atoms with van der Waals surface area (Å²) in [6.45, 7) is 7.65. The summed E-state index contributed by atoms with van der Waals surface area (Å²) in [6, 6.07) is 1.71. The fourth-order valence-electron chi connectivity index (χ4n) is 1.90. The van der Waals surface area contributed by atoms with E-state index >= 15 is 0 Å². The molecule has 6 heteroatoms. The summed E-state index contributed by atoms with van der Waals surface area (Å²) in [7, 11) is 1.71. The summed E-state index contributed by atoms with van der Waals surface area (Å²) in [6.07, 6.45) is -0.0696. The third-order valence-electron chi connectivity index (χ3n) is 2.83. The molecule has 0 aliphatic heterocycles. The van der Waals surface area contributed by atoms with Crippen molar-refractivity contribution in [3.8, 4) is 0 Å². The second kappa shape index (κ2) is 5.42. The standard InChI is InChI=1S/C13H21N3O3/c1-9-8-10(15(5)14-9)12(19)16(13(2,3)4)7-6-11(17)18/h8H,6-7H2,1-5H3,(H,17,18). The van der Waals surface area contributed by atoms with Crippen LogP contribution in [0.4, 0.5) is 0 Å². The van der Waals surface area contributed by atoms with Gasteiger partial charge in [0.2, 0.25) is 0 Å². The minimum Gasteiger partial charge on any atom is -0.481 e. The SMILES string of the molecule is Cc1cc(C(=O)N(CCC(=O)O)C(C)(C)C)n(C)n1. The van der Waals surface area contributed by atoms with Crippen molar-refractivity contribution >= 4 is 11.9 Å². The molecule has 0 atom stereocenters. The van der Waals surface area contributed by atoms with Crippen LogP contribution in [0.5, 0.6) is 0 Å². The van der Waals surface area contributed by atoms with Crippen molar-refractivity contribution in [2.24, 2.45) is 7.05 Å². The molecule has 1 heterocycles. The molecule has 0 saturated carbocycles. The zero-order chi connectivity index (χ0) is 14.8. The van der Waals surface area contributed by atoms with Crippen LogP contribution in [0.15, 0.2) is 6.07 Å². The van der Waals surface area contributed by atoms with Crippen LogP contribution in [0, 0.1) is 6.92 Å². The molecule has 0 aliphatic rings. The number of rotatable bonds is 4. The lowest BCUT2D eigenvalue weighted by molar-refractivity contribution is -0.137. The zero-order valence-corrected chi connectivity index (χ0v) is 12.1. The van der Waals surface area contributed by atoms with Gasteiger partial charge in [-0.25, -0.2) is 0 Å². The maximum atomic E-state index is 12.5. The highest BCUT2D eigenvalue weighted by Crippen LogP contribution is 2.18. The van der Waals surface area contributed by atoms with Gasteiger partial charge in [0.25, 0.3) is 5.91 Å². The van der Waals surface area contributed by atoms with Gasteiger partial charge in [-0.2, -0.15) is 5.10 Å². The Labute approximate surface area is 113 Å². The molecular formula is C13H21N3O3. The highest BCUT2D eigenvalue weighted by molar-refractivity contribution is 5.93. The van der Waals surface area contributed by atoms with Gasteiger partial charge in [0, 0.05) is 19.1 Å². The van der Waals surface area contributed by atoms with E-state index in [-0.39, 0.29) is 18.9 Å². The first kappa shape index (κ1) is 15.2. The highest BCUT2D eigenvalue weighted by atomic mass is 16.4. The maximum Gasteiger partial charge on any atom is 0.305 e. The molecule has 0 unspecified atom stereocenters. The van der Waals surface area contributed by atoms with Crippen LogP contribution in [0.2, 0.25) is 0 Å². The lowest BCUT2D eigenvalue weighted by Gasteiger charge is -2.35. The molecule has 0 spiro atoms. The molecule has 106 valence electrons. The highest BCUT2D eigenvalue weighted by Gasteiger charge is 2.29. The summed E-state index contributed by atoms with van der Waals surface area (Å²) in [5.41, 5.74) is 0.792. The Morgan fingerprint density at radius 3 is 2.37 bits per heavy atom. The fraction of sp³-hybridized carbons (Fsp3) is 0.615. The third-order valence-corrected chi connectivity index (χ3v) is 2.83. The Bertz CT molecular complexity index is 486. The molecule has 1 N–H and O–H groups in total. The van der Waals surface area contributed by atoms with E-state index < -0.39 is 11.5 Å². The molecule has 1 amide bonds. The van der Waals surface area contributed by atoms with Crippen LogP contribution in [0.3, 0.4) is 0 Å². The summed E-state index contributed by atoms with van der Waals surface area (Å²) in [4.78, 5) is 24.8. The minimum absolute atomic E-state index is 0.0696. The van der Waals surface area contributed by atoms with Crippen LogP contribution < -0.4 is 0 Å². The number of nitrogens with zero attached hydrogens (tertiary/aromatic N) is 3. The van der Waals surface area contributed by atoms with Gasteiger partial charge in [0.1, 0.15) is 5.69 Å². The van der Waals surface area contributed by atoms with E-state index in [1.165, 1.54) is 4.68 Å². The van der Waals surface area contributed by atoms with E-state index in [1.54, 1.807) is 18.0 Å². The zero-order valence-electron chi connectivity index (χ0n) is 12.1. The Hall–Kier alpha value is -1.85. The van der Waals surface area contributed by atoms with E-state index in [2.05, 4.69) is 5.10 Å². The number of carboxylic acid groups (broad SMARTS) is 1. The topological polar surface area (TPSA) is 75.4 Å². The van der Waals surface area contributed by atoms with E-state index in [1.807, 2.05) is 27.7 Å². The number of amides is 1. The summed E-state index contributed by atoms with van der Waals surface area (Å²) < 4.78 is 1.52. The number of carboxylic acids is 1. The van der Waals surface area contributed by atoms with Gasteiger partial charge in [-0.1, -0.05) is 0 Å². The summed E-state index contributed by atoms with van der Waals surface area (Å²) >= 11 is 0. The van der Waals surface area contributed by atoms with Crippen molar-refractivity contribution in [2.75, 3.05) is 6.54 Å². The second-order valence-corrected chi connectivity index (χ2v) is 5.57. The molecule has 6 nitrogen and oxygen atoms in total. The number of carbonyl (C=O) groups is 2. The molecule has 0 saturated heterocycles. The second-order valence-electron chi connectivity index (χ2n) is 5.57. The molecule has 0 bridgehead atoms. The molecule has 0 aliphatic carbocycles. The van der Waals surface area contributed by atoms with Gasteiger partial charge < -0.3 is 10.0 Å². The van der Waals surface area contributed by atoms with Crippen LogP contribution in [-0.4, -0.2) is 43.7 Å². The van der Waals surface area contributed by atoms with Crippen molar-refractivity contribution in [1.29, 1.82) is 0 Å². The summed E-state index contributed by atoms with van der Waals surface area (Å²) in [5.74, 6) is -1.11. The third kappa shape index (κ3) is 3.81. The lowest BCUT2D eigenvalue weighted by Crippen LogP contribution is -2.47. The van der Waals surface area contributed by atoms with Crippen molar-refractivity contribution in [1.82, 2.24) is 14.7 Å². The molecule has 1 aromatic heterocycles. The molecule has 1 rings (SSSR count). The Kier molecular flexibility index (Phi) is 4.34. The number of hydrogen-bond donors (Lipinski definition) is 1. The van der Waals surface area contributed by atoms with Gasteiger partial charge in [-0.05, 0) is 33.8 Å². The Morgan fingerprint density at radius 2 is 2.00 bits per heavy atom. The van der Waals surface area contributed by atoms with Crippen molar-refractivity contribution in [3.05, 3.63) is 17.5 Å². The fourth-order valence-corrected chi connectivity index (χ4v) is 1.90. The van der Waals surface area contributed by atoms with Crippen LogP contribution >= 0.6 is 0 Å². The number of aliphatic carboxylic acids is 1. The van der Waals surface area contributed by atoms with Gasteiger partial charge in [-0.15, -0.1) is 0 Å². The van der Waals surface area contributed by atoms with Crippen LogP contribution in [0.25, 0.3) is 0 Å². The van der Waals surface area contributed by atoms with E-state index in [9.17, 15) is 9.59 Å². The largest absolute Gasteiger partial charge is 0.481 e. The molecule has 19 heavy (non-hydrogen) atoms. The van der Waals surface area contributed by atoms with Crippen LogP contribution in [-0.2, 0) is 11.8 Å². The predicted molar refractivity (Wildman–Crippen MR) is 71.0 cm³/mol. The first-order valence-corrected chi connectivity index (χ1v) is 6.17. The van der Waals surface area contributed by atoms with Gasteiger partial charge in [0.05, 0.1) is 12.1 Å². The van der Waals surface area contributed by atoms with Crippen molar-refractivity contribution < 1.29 is 14.7 Å². The minimum atomic E-state index is -0.914. The monoisotopic (exact) mass is 267 g/mol. The van der Waals surface area contributed by atoms with E-state index in [0.29, 0.717) is 5.69 Å². The van der Waals surface area contributed by atoms with Crippen molar-refractivity contribution in [3.63, 3.8) is 0 Å². The molecule has 0 radical (unpaired) electrons. The average Bonchev–Trinajstić information content (AvgIpc) is 2.55. The maximum absolute atomic E-state index is 12.5. The number of aryl methyl sites for hydroxylation is 2. The molecule has 0 fully saturated rings. The first-order valence-electron chi connectivity index (χ1n) is 6.17. The first-order chi connectivity index (χ1) is 8.62. The van der Waals surface area contributed by atoms with Crippen molar-refractivity contribution in [2.45, 2.75) is 39.7 Å². The smallest absolute Gasteiger partial charge is 0.305 e. The molecule has 0 aromatic carbocycles. The van der Waals surface area contributed by atoms with E-state index in [4.69, 9.17) is 5.11 Å². The predicted octanol–water partition coefficient (Wildman–Crippen LogP) is 1.44. The number of hydrogen-bond acceptors (Lipinski definition) is 3. The van der Waals surface area contributed by atoms with Gasteiger partial charge in [0.15, 0.2) is 0 Å². The Morgan fingerprint density at radius 1 is 1.42 bits per heavy atom. The normalized spacial score (nSPS) is 11.4. The molecule has 1 aromatic rings.